The summed E-state index contributed by atoms with van der Waals surface area (Å²) in [5, 5.41) is 3.07. The third kappa shape index (κ3) is 5.84. The van der Waals surface area contributed by atoms with Crippen molar-refractivity contribution < 1.29 is 0 Å². The van der Waals surface area contributed by atoms with Gasteiger partial charge in [0.1, 0.15) is 0 Å². The summed E-state index contributed by atoms with van der Waals surface area (Å²) in [7, 11) is 0. The van der Waals surface area contributed by atoms with Crippen molar-refractivity contribution >= 4 is 66.4 Å². The van der Waals surface area contributed by atoms with Gasteiger partial charge >= 0.3 is 0 Å². The van der Waals surface area contributed by atoms with Crippen LogP contribution in [0.2, 0.25) is 5.02 Å². The molecule has 0 saturated carbocycles. The van der Waals surface area contributed by atoms with Crippen molar-refractivity contribution in [1.82, 2.24) is 4.57 Å². The molecule has 7 rings (SSSR count). The Labute approximate surface area is 297 Å². The summed E-state index contributed by atoms with van der Waals surface area (Å²) in [5.41, 5.74) is 11.4. The highest BCUT2D eigenvalue weighted by molar-refractivity contribution is 9.10. The van der Waals surface area contributed by atoms with Gasteiger partial charge in [0, 0.05) is 32.3 Å². The Hall–Kier alpha value is -4.31. The standard InChI is InChI=1S/C44H40BrClN2/c1-43(2,3)30-18-16-29(17-19-30)35-25-27-40(42(46)41(35)45)47(33-22-20-31(21-23-33)44(4,5)6)34-24-26-39-37(28-34)36-14-10-11-15-38(36)48(39)32-12-8-7-9-13-32/h7-28H,1-6H3. The lowest BCUT2D eigenvalue weighted by molar-refractivity contribution is 0.590. The van der Waals surface area contributed by atoms with E-state index < -0.39 is 0 Å². The molecule has 0 unspecified atom stereocenters. The molecular weight excluding hydrogens is 672 g/mol. The predicted octanol–water partition coefficient (Wildman–Crippen LogP) is 13.9. The van der Waals surface area contributed by atoms with Crippen molar-refractivity contribution in [3.63, 3.8) is 0 Å². The number of fused-ring (bicyclic) bond motifs is 3. The van der Waals surface area contributed by atoms with Crippen LogP contribution >= 0.6 is 27.5 Å². The second kappa shape index (κ2) is 12.3. The van der Waals surface area contributed by atoms with E-state index in [1.54, 1.807) is 0 Å². The van der Waals surface area contributed by atoms with Gasteiger partial charge in [0.25, 0.3) is 0 Å². The molecule has 4 heteroatoms. The fourth-order valence-corrected chi connectivity index (χ4v) is 7.39. The minimum absolute atomic E-state index is 0.0480. The van der Waals surface area contributed by atoms with Gasteiger partial charge in [0.2, 0.25) is 0 Å². The summed E-state index contributed by atoms with van der Waals surface area (Å²) in [5.74, 6) is 0. The number of hydrogen-bond donors (Lipinski definition) is 0. The molecule has 0 bridgehead atoms. The van der Waals surface area contributed by atoms with Crippen LogP contribution in [0.1, 0.15) is 52.7 Å². The number of rotatable bonds is 5. The Bertz CT molecular complexity index is 2250. The Balaban J connectivity index is 1.41. The first kappa shape index (κ1) is 32.2. The number of aromatic nitrogens is 1. The first-order valence-electron chi connectivity index (χ1n) is 16.5. The van der Waals surface area contributed by atoms with Gasteiger partial charge in [-0.1, -0.05) is 132 Å². The Morgan fingerprint density at radius 1 is 0.562 bits per heavy atom. The van der Waals surface area contributed by atoms with E-state index in [1.807, 2.05) is 0 Å². The molecule has 1 aromatic heterocycles. The zero-order chi connectivity index (χ0) is 33.8. The molecule has 48 heavy (non-hydrogen) atoms. The number of anilines is 3. The van der Waals surface area contributed by atoms with Crippen LogP contribution in [0.25, 0.3) is 38.6 Å². The van der Waals surface area contributed by atoms with Crippen LogP contribution in [0.5, 0.6) is 0 Å². The van der Waals surface area contributed by atoms with Crippen LogP contribution in [-0.4, -0.2) is 4.57 Å². The third-order valence-electron chi connectivity index (χ3n) is 9.29. The highest BCUT2D eigenvalue weighted by Crippen LogP contribution is 2.47. The molecule has 0 saturated heterocycles. The maximum Gasteiger partial charge on any atom is 0.0794 e. The van der Waals surface area contributed by atoms with E-state index in [4.69, 9.17) is 11.6 Å². The van der Waals surface area contributed by atoms with Gasteiger partial charge in [0.05, 0.1) is 21.7 Å². The fraction of sp³-hybridized carbons (Fsp3) is 0.182. The second-order valence-corrected chi connectivity index (χ2v) is 15.8. The summed E-state index contributed by atoms with van der Waals surface area (Å²) in [6.45, 7) is 13.5. The van der Waals surface area contributed by atoms with Gasteiger partial charge in [-0.15, -0.1) is 0 Å². The fourth-order valence-electron chi connectivity index (χ4n) is 6.58. The molecule has 0 aliphatic heterocycles. The molecule has 6 aromatic carbocycles. The summed E-state index contributed by atoms with van der Waals surface area (Å²) >= 11 is 11.3. The number of hydrogen-bond acceptors (Lipinski definition) is 1. The molecule has 2 nitrogen and oxygen atoms in total. The smallest absolute Gasteiger partial charge is 0.0794 e. The molecule has 0 aliphatic rings. The van der Waals surface area contributed by atoms with Crippen molar-refractivity contribution in [2.45, 2.75) is 52.4 Å². The lowest BCUT2D eigenvalue weighted by Crippen LogP contribution is -2.13. The normalized spacial score (nSPS) is 12.2. The highest BCUT2D eigenvalue weighted by Gasteiger charge is 2.23. The predicted molar refractivity (Wildman–Crippen MR) is 211 cm³/mol. The Morgan fingerprint density at radius 3 is 1.77 bits per heavy atom. The molecule has 0 amide bonds. The molecule has 7 aromatic rings. The van der Waals surface area contributed by atoms with Gasteiger partial charge in [-0.05, 0) is 104 Å². The zero-order valence-electron chi connectivity index (χ0n) is 28.4. The zero-order valence-corrected chi connectivity index (χ0v) is 30.7. The van der Waals surface area contributed by atoms with Gasteiger partial charge in [0.15, 0.2) is 0 Å². The minimum atomic E-state index is 0.0480. The SMILES string of the molecule is CC(C)(C)c1ccc(-c2ccc(N(c3ccc(C(C)(C)C)cc3)c3ccc4c(c3)c3ccccc3n4-c3ccccc3)c(Cl)c2Br)cc1. The monoisotopic (exact) mass is 710 g/mol. The molecule has 240 valence electrons. The van der Waals surface area contributed by atoms with Crippen molar-refractivity contribution in [1.29, 1.82) is 0 Å². The van der Waals surface area contributed by atoms with Crippen LogP contribution in [0.4, 0.5) is 17.1 Å². The number of nitrogens with zero attached hydrogens (tertiary/aromatic N) is 2. The van der Waals surface area contributed by atoms with Gasteiger partial charge < -0.3 is 9.47 Å². The maximum atomic E-state index is 7.36. The minimum Gasteiger partial charge on any atom is -0.309 e. The highest BCUT2D eigenvalue weighted by atomic mass is 79.9. The molecular formula is C44H40BrClN2. The molecule has 0 aliphatic carbocycles. The van der Waals surface area contributed by atoms with Gasteiger partial charge in [-0.3, -0.25) is 0 Å². The molecule has 0 fully saturated rings. The van der Waals surface area contributed by atoms with E-state index >= 15 is 0 Å². The Kier molecular flexibility index (Phi) is 8.26. The number of para-hydroxylation sites is 2. The number of benzene rings is 6. The van der Waals surface area contributed by atoms with Crippen molar-refractivity contribution in [2.75, 3.05) is 4.90 Å². The van der Waals surface area contributed by atoms with E-state index in [1.165, 1.54) is 27.4 Å². The maximum absolute atomic E-state index is 7.36. The van der Waals surface area contributed by atoms with E-state index in [-0.39, 0.29) is 10.8 Å². The van der Waals surface area contributed by atoms with Crippen LogP contribution in [0.15, 0.2) is 138 Å². The summed E-state index contributed by atoms with van der Waals surface area (Å²) in [6.07, 6.45) is 0. The topological polar surface area (TPSA) is 8.17 Å². The van der Waals surface area contributed by atoms with Gasteiger partial charge in [-0.2, -0.15) is 0 Å². The molecule has 0 atom stereocenters. The Morgan fingerprint density at radius 2 is 1.12 bits per heavy atom. The largest absolute Gasteiger partial charge is 0.309 e. The summed E-state index contributed by atoms with van der Waals surface area (Å²) in [6, 6.07) is 48.0. The van der Waals surface area contributed by atoms with Crippen LogP contribution in [0.3, 0.4) is 0 Å². The average molecular weight is 712 g/mol. The van der Waals surface area contributed by atoms with Crippen molar-refractivity contribution in [2.24, 2.45) is 0 Å². The third-order valence-corrected chi connectivity index (χ3v) is 10.7. The van der Waals surface area contributed by atoms with Crippen LogP contribution < -0.4 is 4.90 Å². The van der Waals surface area contributed by atoms with E-state index in [0.29, 0.717) is 5.02 Å². The van der Waals surface area contributed by atoms with E-state index in [2.05, 4.69) is 200 Å². The summed E-state index contributed by atoms with van der Waals surface area (Å²) in [4.78, 5) is 2.28. The average Bonchev–Trinajstić information content (AvgIpc) is 3.40. The molecule has 0 N–H and O–H groups in total. The molecule has 0 spiro atoms. The molecule has 1 heterocycles. The first-order chi connectivity index (χ1) is 22.9. The quantitative estimate of drug-likeness (QED) is 0.173. The van der Waals surface area contributed by atoms with Crippen LogP contribution in [-0.2, 0) is 10.8 Å². The lowest BCUT2D eigenvalue weighted by atomic mass is 9.86. The lowest BCUT2D eigenvalue weighted by Gasteiger charge is -2.28. The van der Waals surface area contributed by atoms with Crippen molar-refractivity contribution in [3.8, 4) is 16.8 Å². The van der Waals surface area contributed by atoms with E-state index in [9.17, 15) is 0 Å². The first-order valence-corrected chi connectivity index (χ1v) is 17.7. The molecule has 0 radical (unpaired) electrons. The van der Waals surface area contributed by atoms with E-state index in [0.717, 1.165) is 43.9 Å². The van der Waals surface area contributed by atoms with Gasteiger partial charge in [-0.25, -0.2) is 0 Å². The second-order valence-electron chi connectivity index (χ2n) is 14.6. The number of halogens is 2. The van der Waals surface area contributed by atoms with Crippen LogP contribution in [0, 0.1) is 0 Å². The van der Waals surface area contributed by atoms with Crippen molar-refractivity contribution in [3.05, 3.63) is 154 Å². The summed E-state index contributed by atoms with van der Waals surface area (Å²) < 4.78 is 3.23.